The summed E-state index contributed by atoms with van der Waals surface area (Å²) in [7, 11) is 0. The molecule has 0 bridgehead atoms. The van der Waals surface area contributed by atoms with Gasteiger partial charge in [-0.1, -0.05) is 42.4 Å². The second-order valence-corrected chi connectivity index (χ2v) is 7.28. The molecule has 0 radical (unpaired) electrons. The number of aromatic nitrogens is 2. The molecule has 5 nitrogen and oxygen atoms in total. The molecule has 2 aromatic rings. The molecule has 5 heteroatoms. The quantitative estimate of drug-likeness (QED) is 0.836. The smallest absolute Gasteiger partial charge is 0.231 e. The van der Waals surface area contributed by atoms with E-state index in [-0.39, 0.29) is 11.8 Å². The third-order valence-corrected chi connectivity index (χ3v) is 5.38. The van der Waals surface area contributed by atoms with Crippen molar-refractivity contribution in [1.82, 2.24) is 15.0 Å². The first kappa shape index (κ1) is 16.3. The summed E-state index contributed by atoms with van der Waals surface area (Å²) in [5.74, 6) is 2.52. The Morgan fingerprint density at radius 1 is 1.32 bits per heavy atom. The van der Waals surface area contributed by atoms with E-state index in [1.807, 2.05) is 11.0 Å². The molecule has 1 aromatic carbocycles. The van der Waals surface area contributed by atoms with Gasteiger partial charge in [0.15, 0.2) is 5.82 Å². The number of piperidine rings is 1. The fourth-order valence-corrected chi connectivity index (χ4v) is 3.91. The van der Waals surface area contributed by atoms with Crippen molar-refractivity contribution in [2.45, 2.75) is 50.9 Å². The van der Waals surface area contributed by atoms with Crippen molar-refractivity contribution in [3.63, 3.8) is 0 Å². The largest absolute Gasteiger partial charge is 0.342 e. The van der Waals surface area contributed by atoms with Crippen molar-refractivity contribution in [2.24, 2.45) is 5.92 Å². The Bertz CT molecular complexity index is 728. The first-order valence-corrected chi connectivity index (χ1v) is 9.42. The Morgan fingerprint density at radius 3 is 2.96 bits per heavy atom. The van der Waals surface area contributed by atoms with Gasteiger partial charge in [0.1, 0.15) is 0 Å². The van der Waals surface area contributed by atoms with Crippen LogP contribution in [0.15, 0.2) is 34.9 Å². The zero-order valence-corrected chi connectivity index (χ0v) is 14.7. The van der Waals surface area contributed by atoms with Gasteiger partial charge in [-0.2, -0.15) is 4.98 Å². The predicted octanol–water partition coefficient (Wildman–Crippen LogP) is 3.53. The average Bonchev–Trinajstić information content (AvgIpc) is 3.33. The van der Waals surface area contributed by atoms with Crippen molar-refractivity contribution in [3.8, 4) is 0 Å². The molecule has 1 saturated carbocycles. The summed E-state index contributed by atoms with van der Waals surface area (Å²) in [6, 6.07) is 10.4. The summed E-state index contributed by atoms with van der Waals surface area (Å²) in [5.41, 5.74) is 1.29. The normalized spacial score (nSPS) is 25.8. The van der Waals surface area contributed by atoms with Gasteiger partial charge < -0.3 is 9.42 Å². The molecule has 4 rings (SSSR count). The number of aryl methyl sites for hydroxylation is 1. The number of rotatable bonds is 5. The summed E-state index contributed by atoms with van der Waals surface area (Å²) in [6.45, 7) is 3.67. The molecule has 3 unspecified atom stereocenters. The lowest BCUT2D eigenvalue weighted by Crippen LogP contribution is -2.40. The van der Waals surface area contributed by atoms with Crippen LogP contribution in [-0.2, 0) is 11.2 Å². The molecule has 3 atom stereocenters. The molecule has 2 aliphatic rings. The van der Waals surface area contributed by atoms with E-state index in [4.69, 9.17) is 4.52 Å². The minimum Gasteiger partial charge on any atom is -0.342 e. The first-order valence-electron chi connectivity index (χ1n) is 9.42. The number of amides is 1. The molecule has 2 fully saturated rings. The Morgan fingerprint density at radius 2 is 2.16 bits per heavy atom. The van der Waals surface area contributed by atoms with Gasteiger partial charge in [0.2, 0.25) is 11.8 Å². The minimum absolute atomic E-state index is 0.152. The fraction of sp³-hybridized carbons (Fsp3) is 0.550. The van der Waals surface area contributed by atoms with Gasteiger partial charge in [-0.05, 0) is 37.2 Å². The molecule has 25 heavy (non-hydrogen) atoms. The van der Waals surface area contributed by atoms with Crippen LogP contribution in [0, 0.1) is 5.92 Å². The molecule has 2 heterocycles. The number of likely N-dealkylation sites (tertiary alicyclic amines) is 1. The molecule has 0 spiro atoms. The molecule has 1 aliphatic carbocycles. The van der Waals surface area contributed by atoms with E-state index in [1.165, 1.54) is 5.56 Å². The highest BCUT2D eigenvalue weighted by Crippen LogP contribution is 2.48. The number of carbonyl (C=O) groups excluding carboxylic acids is 1. The zero-order valence-electron chi connectivity index (χ0n) is 14.7. The summed E-state index contributed by atoms with van der Waals surface area (Å²) in [5, 5.41) is 4.06. The molecule has 0 N–H and O–H groups in total. The van der Waals surface area contributed by atoms with E-state index < -0.39 is 0 Å². The highest BCUT2D eigenvalue weighted by molar-refractivity contribution is 5.83. The lowest BCUT2D eigenvalue weighted by molar-refractivity contribution is -0.134. The summed E-state index contributed by atoms with van der Waals surface area (Å²) >= 11 is 0. The first-order chi connectivity index (χ1) is 12.3. The van der Waals surface area contributed by atoms with Crippen molar-refractivity contribution >= 4 is 5.91 Å². The van der Waals surface area contributed by atoms with Crippen LogP contribution in [0.3, 0.4) is 0 Å². The van der Waals surface area contributed by atoms with Crippen molar-refractivity contribution in [2.75, 3.05) is 13.1 Å². The minimum atomic E-state index is 0.152. The lowest BCUT2D eigenvalue weighted by atomic mass is 9.97. The van der Waals surface area contributed by atoms with Gasteiger partial charge in [0.05, 0.1) is 5.92 Å². The van der Waals surface area contributed by atoms with Gasteiger partial charge in [-0.3, -0.25) is 4.79 Å². The van der Waals surface area contributed by atoms with E-state index in [0.29, 0.717) is 24.3 Å². The monoisotopic (exact) mass is 339 g/mol. The van der Waals surface area contributed by atoms with Crippen LogP contribution in [0.2, 0.25) is 0 Å². The maximum absolute atomic E-state index is 12.9. The summed E-state index contributed by atoms with van der Waals surface area (Å²) < 4.78 is 5.45. The molecule has 1 saturated heterocycles. The topological polar surface area (TPSA) is 59.2 Å². The Hall–Kier alpha value is -2.17. The van der Waals surface area contributed by atoms with Gasteiger partial charge in [0.25, 0.3) is 0 Å². The van der Waals surface area contributed by atoms with Crippen LogP contribution < -0.4 is 0 Å². The van der Waals surface area contributed by atoms with Crippen LogP contribution in [-0.4, -0.2) is 34.0 Å². The van der Waals surface area contributed by atoms with E-state index in [9.17, 15) is 4.79 Å². The Kier molecular flexibility index (Phi) is 4.55. The van der Waals surface area contributed by atoms with Gasteiger partial charge in [-0.25, -0.2) is 0 Å². The molecule has 1 aliphatic heterocycles. The standard InChI is InChI=1S/C20H25N3O2/c1-2-7-18-21-19(25-22-18)15-10-6-11-23(13-15)20(24)17-12-16(17)14-8-4-3-5-9-14/h3-5,8-9,15-17H,2,6-7,10-13H2,1H3. The van der Waals surface area contributed by atoms with Crippen LogP contribution in [0.25, 0.3) is 0 Å². The SMILES string of the molecule is CCCc1noc(C2CCCN(C(=O)C3CC3c3ccccc3)C2)n1. The van der Waals surface area contributed by atoms with E-state index in [2.05, 4.69) is 41.3 Å². The van der Waals surface area contributed by atoms with Crippen LogP contribution in [0.5, 0.6) is 0 Å². The number of hydrogen-bond acceptors (Lipinski definition) is 4. The lowest BCUT2D eigenvalue weighted by Gasteiger charge is -2.31. The van der Waals surface area contributed by atoms with Gasteiger partial charge >= 0.3 is 0 Å². The molecule has 132 valence electrons. The second-order valence-electron chi connectivity index (χ2n) is 7.28. The maximum atomic E-state index is 12.9. The van der Waals surface area contributed by atoms with Gasteiger partial charge in [-0.15, -0.1) is 0 Å². The Balaban J connectivity index is 1.39. The van der Waals surface area contributed by atoms with Gasteiger partial charge in [0, 0.05) is 25.4 Å². The fourth-order valence-electron chi connectivity index (χ4n) is 3.91. The number of carbonyl (C=O) groups is 1. The number of benzene rings is 1. The number of hydrogen-bond donors (Lipinski definition) is 0. The van der Waals surface area contributed by atoms with Crippen molar-refractivity contribution < 1.29 is 9.32 Å². The summed E-state index contributed by atoms with van der Waals surface area (Å²) in [4.78, 5) is 19.4. The van der Waals surface area contributed by atoms with Crippen molar-refractivity contribution in [1.29, 1.82) is 0 Å². The molecule has 1 aromatic heterocycles. The van der Waals surface area contributed by atoms with Crippen LogP contribution >= 0.6 is 0 Å². The van der Waals surface area contributed by atoms with Crippen LogP contribution in [0.1, 0.15) is 61.7 Å². The summed E-state index contributed by atoms with van der Waals surface area (Å²) in [6.07, 6.45) is 4.86. The van der Waals surface area contributed by atoms with E-state index in [0.717, 1.165) is 44.5 Å². The molecular formula is C20H25N3O2. The molecular weight excluding hydrogens is 314 g/mol. The van der Waals surface area contributed by atoms with E-state index >= 15 is 0 Å². The van der Waals surface area contributed by atoms with Crippen molar-refractivity contribution in [3.05, 3.63) is 47.6 Å². The third-order valence-electron chi connectivity index (χ3n) is 5.38. The number of nitrogens with zero attached hydrogens (tertiary/aromatic N) is 3. The third kappa shape index (κ3) is 3.46. The second kappa shape index (κ2) is 6.98. The van der Waals surface area contributed by atoms with E-state index in [1.54, 1.807) is 0 Å². The molecule has 1 amide bonds. The Labute approximate surface area is 148 Å². The zero-order chi connectivity index (χ0) is 17.2. The highest BCUT2D eigenvalue weighted by Gasteiger charge is 2.46. The highest BCUT2D eigenvalue weighted by atomic mass is 16.5. The average molecular weight is 339 g/mol. The predicted molar refractivity (Wildman–Crippen MR) is 94.1 cm³/mol. The van der Waals surface area contributed by atoms with Crippen LogP contribution in [0.4, 0.5) is 0 Å². The maximum Gasteiger partial charge on any atom is 0.231 e.